The Labute approximate surface area is 122 Å². The van der Waals surface area contributed by atoms with Gasteiger partial charge in [0.25, 0.3) is 0 Å². The molecule has 0 fully saturated rings. The minimum atomic E-state index is -0.155. The molecular formula is C13H15Cl2N3O. The predicted octanol–water partition coefficient (Wildman–Crippen LogP) is 3.40. The zero-order chi connectivity index (χ0) is 14.0. The van der Waals surface area contributed by atoms with Crippen LogP contribution in [-0.2, 0) is 13.2 Å². The summed E-state index contributed by atoms with van der Waals surface area (Å²) in [5.74, 6) is 1.56. The first-order valence-electron chi connectivity index (χ1n) is 6.02. The van der Waals surface area contributed by atoms with Gasteiger partial charge in [-0.2, -0.15) is 0 Å². The molecule has 1 aromatic carbocycles. The summed E-state index contributed by atoms with van der Waals surface area (Å²) in [6.45, 7) is 4.73. The van der Waals surface area contributed by atoms with E-state index in [9.17, 15) is 5.11 Å². The average Bonchev–Trinajstić information content (AvgIpc) is 2.75. The Kier molecular flexibility index (Phi) is 4.45. The number of hydrogen-bond donors (Lipinski definition) is 1. The maximum atomic E-state index is 9.33. The minimum Gasteiger partial charge on any atom is -0.388 e. The molecule has 1 aromatic heterocycles. The van der Waals surface area contributed by atoms with Gasteiger partial charge >= 0.3 is 0 Å². The molecule has 0 atom stereocenters. The van der Waals surface area contributed by atoms with E-state index in [0.717, 1.165) is 5.56 Å². The number of rotatable bonds is 4. The molecule has 0 unspecified atom stereocenters. The lowest BCUT2D eigenvalue weighted by molar-refractivity contribution is 0.262. The Morgan fingerprint density at radius 3 is 2.63 bits per heavy atom. The van der Waals surface area contributed by atoms with E-state index in [-0.39, 0.29) is 6.61 Å². The highest BCUT2D eigenvalue weighted by molar-refractivity contribution is 6.43. The molecule has 2 rings (SSSR count). The van der Waals surface area contributed by atoms with Gasteiger partial charge in [0.1, 0.15) is 6.61 Å². The zero-order valence-corrected chi connectivity index (χ0v) is 12.3. The summed E-state index contributed by atoms with van der Waals surface area (Å²) in [6, 6.07) is 5.39. The van der Waals surface area contributed by atoms with Crippen molar-refractivity contribution in [3.05, 3.63) is 34.1 Å². The van der Waals surface area contributed by atoms with Gasteiger partial charge in [-0.25, -0.2) is 0 Å². The Bertz CT molecular complexity index is 581. The van der Waals surface area contributed by atoms with Crippen LogP contribution in [0.15, 0.2) is 18.2 Å². The fourth-order valence-electron chi connectivity index (χ4n) is 1.89. The van der Waals surface area contributed by atoms with Crippen LogP contribution in [0.4, 0.5) is 0 Å². The fourth-order valence-corrected chi connectivity index (χ4v) is 2.27. The summed E-state index contributed by atoms with van der Waals surface area (Å²) >= 11 is 12.2. The van der Waals surface area contributed by atoms with E-state index >= 15 is 0 Å². The summed E-state index contributed by atoms with van der Waals surface area (Å²) in [5, 5.41) is 18.4. The molecule has 102 valence electrons. The Hall–Kier alpha value is -1.10. The largest absolute Gasteiger partial charge is 0.388 e. The summed E-state index contributed by atoms with van der Waals surface area (Å²) in [7, 11) is 0. The highest BCUT2D eigenvalue weighted by Gasteiger charge is 2.17. The number of halogens is 2. The zero-order valence-electron chi connectivity index (χ0n) is 10.8. The van der Waals surface area contributed by atoms with Crippen LogP contribution in [0.3, 0.4) is 0 Å². The van der Waals surface area contributed by atoms with Crippen LogP contribution >= 0.6 is 23.2 Å². The Morgan fingerprint density at radius 2 is 2.00 bits per heavy atom. The lowest BCUT2D eigenvalue weighted by Gasteiger charge is -2.12. The molecule has 1 heterocycles. The molecule has 0 saturated carbocycles. The van der Waals surface area contributed by atoms with Gasteiger partial charge in [0.2, 0.25) is 0 Å². The third-order valence-electron chi connectivity index (χ3n) is 2.71. The van der Waals surface area contributed by atoms with Crippen LogP contribution in [-0.4, -0.2) is 19.9 Å². The summed E-state index contributed by atoms with van der Waals surface area (Å²) in [4.78, 5) is 0. The van der Waals surface area contributed by atoms with Crippen molar-refractivity contribution >= 4 is 23.2 Å². The van der Waals surface area contributed by atoms with Gasteiger partial charge in [0.15, 0.2) is 11.6 Å². The molecule has 0 radical (unpaired) electrons. The molecule has 6 heteroatoms. The number of hydrogen-bond acceptors (Lipinski definition) is 3. The Balaban J connectivity index is 2.55. The van der Waals surface area contributed by atoms with Crippen molar-refractivity contribution in [2.24, 2.45) is 5.92 Å². The first-order valence-corrected chi connectivity index (χ1v) is 6.77. The van der Waals surface area contributed by atoms with Gasteiger partial charge in [0.05, 0.1) is 10.0 Å². The topological polar surface area (TPSA) is 50.9 Å². The van der Waals surface area contributed by atoms with E-state index in [1.165, 1.54) is 0 Å². The second kappa shape index (κ2) is 5.90. The van der Waals surface area contributed by atoms with Gasteiger partial charge < -0.3 is 9.67 Å². The van der Waals surface area contributed by atoms with Crippen molar-refractivity contribution < 1.29 is 5.11 Å². The number of nitrogens with zero attached hydrogens (tertiary/aromatic N) is 3. The van der Waals surface area contributed by atoms with Gasteiger partial charge in [0, 0.05) is 12.1 Å². The minimum absolute atomic E-state index is 0.155. The number of aliphatic hydroxyl groups is 1. The molecule has 0 aliphatic rings. The van der Waals surface area contributed by atoms with Crippen LogP contribution in [0.1, 0.15) is 19.7 Å². The van der Waals surface area contributed by atoms with Gasteiger partial charge in [-0.15, -0.1) is 10.2 Å². The normalized spacial score (nSPS) is 11.3. The monoisotopic (exact) mass is 299 g/mol. The van der Waals surface area contributed by atoms with Crippen molar-refractivity contribution in [1.29, 1.82) is 0 Å². The number of aliphatic hydroxyl groups excluding tert-OH is 1. The van der Waals surface area contributed by atoms with Crippen LogP contribution in [0.5, 0.6) is 0 Å². The van der Waals surface area contributed by atoms with Crippen molar-refractivity contribution in [1.82, 2.24) is 14.8 Å². The Morgan fingerprint density at radius 1 is 1.26 bits per heavy atom. The SMILES string of the molecule is CC(C)Cn1c(CO)nnc1-c1cccc(Cl)c1Cl. The van der Waals surface area contributed by atoms with Crippen LogP contribution in [0, 0.1) is 5.92 Å². The summed E-state index contributed by atoms with van der Waals surface area (Å²) in [6.07, 6.45) is 0. The van der Waals surface area contributed by atoms with Crippen molar-refractivity contribution in [3.8, 4) is 11.4 Å². The van der Waals surface area contributed by atoms with E-state index in [0.29, 0.717) is 34.2 Å². The smallest absolute Gasteiger partial charge is 0.165 e. The lowest BCUT2D eigenvalue weighted by atomic mass is 10.2. The highest BCUT2D eigenvalue weighted by Crippen LogP contribution is 2.33. The predicted molar refractivity (Wildman–Crippen MR) is 76.2 cm³/mol. The average molecular weight is 300 g/mol. The molecule has 1 N–H and O–H groups in total. The molecule has 2 aromatic rings. The molecule has 4 nitrogen and oxygen atoms in total. The maximum Gasteiger partial charge on any atom is 0.165 e. The standard InChI is InChI=1S/C13H15Cl2N3O/c1-8(2)6-18-11(7-19)16-17-13(18)9-4-3-5-10(14)12(9)15/h3-5,8,19H,6-7H2,1-2H3. The van der Waals surface area contributed by atoms with E-state index in [4.69, 9.17) is 23.2 Å². The fraction of sp³-hybridized carbons (Fsp3) is 0.385. The number of benzene rings is 1. The van der Waals surface area contributed by atoms with Crippen LogP contribution < -0.4 is 0 Å². The quantitative estimate of drug-likeness (QED) is 0.941. The van der Waals surface area contributed by atoms with Crippen molar-refractivity contribution in [2.75, 3.05) is 0 Å². The van der Waals surface area contributed by atoms with Crippen LogP contribution in [0.2, 0.25) is 10.0 Å². The highest BCUT2D eigenvalue weighted by atomic mass is 35.5. The van der Waals surface area contributed by atoms with E-state index < -0.39 is 0 Å². The first kappa shape index (κ1) is 14.3. The molecule has 0 amide bonds. The number of aromatic nitrogens is 3. The van der Waals surface area contributed by atoms with E-state index in [1.807, 2.05) is 16.7 Å². The van der Waals surface area contributed by atoms with E-state index in [2.05, 4.69) is 24.0 Å². The third kappa shape index (κ3) is 2.91. The molecule has 0 bridgehead atoms. The van der Waals surface area contributed by atoms with Crippen molar-refractivity contribution in [3.63, 3.8) is 0 Å². The second-order valence-corrected chi connectivity index (χ2v) is 5.49. The van der Waals surface area contributed by atoms with Gasteiger partial charge in [-0.3, -0.25) is 0 Å². The third-order valence-corrected chi connectivity index (χ3v) is 3.53. The van der Waals surface area contributed by atoms with Gasteiger partial charge in [-0.1, -0.05) is 43.1 Å². The molecule has 0 aliphatic heterocycles. The molecule has 19 heavy (non-hydrogen) atoms. The maximum absolute atomic E-state index is 9.33. The molecular weight excluding hydrogens is 285 g/mol. The summed E-state index contributed by atoms with van der Waals surface area (Å²) in [5.41, 5.74) is 0.724. The van der Waals surface area contributed by atoms with Gasteiger partial charge in [-0.05, 0) is 18.1 Å². The van der Waals surface area contributed by atoms with Crippen molar-refractivity contribution in [2.45, 2.75) is 27.0 Å². The molecule has 0 saturated heterocycles. The molecule has 0 aliphatic carbocycles. The molecule has 0 spiro atoms. The lowest BCUT2D eigenvalue weighted by Crippen LogP contribution is -2.10. The second-order valence-electron chi connectivity index (χ2n) is 4.70. The van der Waals surface area contributed by atoms with E-state index in [1.54, 1.807) is 6.07 Å². The van der Waals surface area contributed by atoms with Crippen LogP contribution in [0.25, 0.3) is 11.4 Å². The first-order chi connectivity index (χ1) is 9.04. The summed E-state index contributed by atoms with van der Waals surface area (Å²) < 4.78 is 1.88.